The van der Waals surface area contributed by atoms with Crippen LogP contribution in [0.1, 0.15) is 28.4 Å². The first kappa shape index (κ1) is 16.4. The standard InChI is InChI=1S/C16H14ClF2NO2/c17-12-9-14(19)13(18)8-11(12)16(22)20-7-6-15(21)10-4-2-1-3-5-10/h1-5,8-9,15,21H,6-7H2,(H,20,22). The summed E-state index contributed by atoms with van der Waals surface area (Å²) < 4.78 is 26.1. The number of aliphatic hydroxyl groups excluding tert-OH is 1. The third kappa shape index (κ3) is 4.02. The molecule has 1 atom stereocenters. The molecule has 1 amide bonds. The number of aliphatic hydroxyl groups is 1. The van der Waals surface area contributed by atoms with Crippen molar-refractivity contribution < 1.29 is 18.7 Å². The average molecular weight is 326 g/mol. The summed E-state index contributed by atoms with van der Waals surface area (Å²) in [5, 5.41) is 12.3. The van der Waals surface area contributed by atoms with Gasteiger partial charge < -0.3 is 10.4 Å². The molecule has 0 fully saturated rings. The molecule has 2 aromatic rings. The lowest BCUT2D eigenvalue weighted by atomic mass is 10.1. The Morgan fingerprint density at radius 3 is 2.50 bits per heavy atom. The maximum atomic E-state index is 13.1. The van der Waals surface area contributed by atoms with Crippen molar-refractivity contribution in [3.05, 3.63) is 70.2 Å². The first-order chi connectivity index (χ1) is 10.5. The molecule has 0 heterocycles. The topological polar surface area (TPSA) is 49.3 Å². The van der Waals surface area contributed by atoms with Gasteiger partial charge in [0.1, 0.15) is 0 Å². The van der Waals surface area contributed by atoms with Gasteiger partial charge in [0, 0.05) is 6.54 Å². The molecule has 2 N–H and O–H groups in total. The van der Waals surface area contributed by atoms with Gasteiger partial charge in [-0.15, -0.1) is 0 Å². The van der Waals surface area contributed by atoms with E-state index >= 15 is 0 Å². The fourth-order valence-electron chi connectivity index (χ4n) is 1.96. The van der Waals surface area contributed by atoms with Gasteiger partial charge in [-0.1, -0.05) is 41.9 Å². The second-order valence-corrected chi connectivity index (χ2v) is 5.12. The molecule has 0 spiro atoms. The van der Waals surface area contributed by atoms with Crippen LogP contribution in [0.3, 0.4) is 0 Å². The molecule has 3 nitrogen and oxygen atoms in total. The van der Waals surface area contributed by atoms with Crippen molar-refractivity contribution in [2.24, 2.45) is 0 Å². The van der Waals surface area contributed by atoms with Crippen LogP contribution in [-0.2, 0) is 0 Å². The summed E-state index contributed by atoms with van der Waals surface area (Å²) in [6, 6.07) is 10.5. The largest absolute Gasteiger partial charge is 0.388 e. The van der Waals surface area contributed by atoms with Crippen molar-refractivity contribution in [2.75, 3.05) is 6.54 Å². The monoisotopic (exact) mass is 325 g/mol. The molecule has 0 saturated carbocycles. The molecule has 2 rings (SSSR count). The van der Waals surface area contributed by atoms with E-state index in [1.165, 1.54) is 0 Å². The van der Waals surface area contributed by atoms with E-state index in [1.807, 2.05) is 6.07 Å². The number of nitrogens with one attached hydrogen (secondary N) is 1. The average Bonchev–Trinajstić information content (AvgIpc) is 2.51. The molecular weight excluding hydrogens is 312 g/mol. The Balaban J connectivity index is 1.92. The SMILES string of the molecule is O=C(NCCC(O)c1ccccc1)c1cc(F)c(F)cc1Cl. The van der Waals surface area contributed by atoms with Gasteiger partial charge in [0.25, 0.3) is 5.91 Å². The van der Waals surface area contributed by atoms with Crippen LogP contribution in [0.15, 0.2) is 42.5 Å². The van der Waals surface area contributed by atoms with E-state index in [9.17, 15) is 18.7 Å². The van der Waals surface area contributed by atoms with Crippen molar-refractivity contribution in [1.82, 2.24) is 5.32 Å². The third-order valence-electron chi connectivity index (χ3n) is 3.14. The van der Waals surface area contributed by atoms with Gasteiger partial charge in [-0.25, -0.2) is 8.78 Å². The Kier molecular flexibility index (Phi) is 5.46. The predicted molar refractivity (Wildman–Crippen MR) is 79.7 cm³/mol. The molecule has 0 bridgehead atoms. The fraction of sp³-hybridized carbons (Fsp3) is 0.188. The van der Waals surface area contributed by atoms with Crippen LogP contribution in [0, 0.1) is 11.6 Å². The summed E-state index contributed by atoms with van der Waals surface area (Å²) in [5.41, 5.74) is 0.595. The molecule has 116 valence electrons. The minimum Gasteiger partial charge on any atom is -0.388 e. The number of rotatable bonds is 5. The molecule has 0 aliphatic carbocycles. The van der Waals surface area contributed by atoms with Crippen LogP contribution in [0.4, 0.5) is 8.78 Å². The van der Waals surface area contributed by atoms with Gasteiger partial charge in [-0.05, 0) is 24.1 Å². The van der Waals surface area contributed by atoms with E-state index in [1.54, 1.807) is 24.3 Å². The highest BCUT2D eigenvalue weighted by Gasteiger charge is 2.15. The number of benzene rings is 2. The van der Waals surface area contributed by atoms with Gasteiger partial charge in [-0.3, -0.25) is 4.79 Å². The molecule has 0 saturated heterocycles. The Labute approximate surface area is 131 Å². The number of hydrogen-bond acceptors (Lipinski definition) is 2. The highest BCUT2D eigenvalue weighted by atomic mass is 35.5. The first-order valence-corrected chi connectivity index (χ1v) is 7.02. The Bertz CT molecular complexity index is 665. The summed E-state index contributed by atoms with van der Waals surface area (Å²) in [7, 11) is 0. The predicted octanol–water partition coefficient (Wildman–Crippen LogP) is 3.47. The van der Waals surface area contributed by atoms with Crippen molar-refractivity contribution in [3.8, 4) is 0 Å². The highest BCUT2D eigenvalue weighted by molar-refractivity contribution is 6.33. The molecule has 0 radical (unpaired) electrons. The minimum atomic E-state index is -1.14. The second kappa shape index (κ2) is 7.33. The van der Waals surface area contributed by atoms with Crippen LogP contribution >= 0.6 is 11.6 Å². The number of carbonyl (C=O) groups excluding carboxylic acids is 1. The van der Waals surface area contributed by atoms with Crippen molar-refractivity contribution in [1.29, 1.82) is 0 Å². The molecule has 22 heavy (non-hydrogen) atoms. The number of carbonyl (C=O) groups is 1. The molecule has 6 heteroatoms. The lowest BCUT2D eigenvalue weighted by Crippen LogP contribution is -2.26. The van der Waals surface area contributed by atoms with E-state index in [4.69, 9.17) is 11.6 Å². The molecule has 2 aromatic carbocycles. The van der Waals surface area contributed by atoms with E-state index in [2.05, 4.69) is 5.32 Å². The minimum absolute atomic E-state index is 0.144. The summed E-state index contributed by atoms with van der Waals surface area (Å²) in [4.78, 5) is 11.9. The highest BCUT2D eigenvalue weighted by Crippen LogP contribution is 2.20. The van der Waals surface area contributed by atoms with Crippen LogP contribution in [0.2, 0.25) is 5.02 Å². The Morgan fingerprint density at radius 1 is 1.18 bits per heavy atom. The second-order valence-electron chi connectivity index (χ2n) is 4.72. The Morgan fingerprint density at radius 2 is 1.82 bits per heavy atom. The number of hydrogen-bond donors (Lipinski definition) is 2. The Hall–Kier alpha value is -1.98. The quantitative estimate of drug-likeness (QED) is 0.827. The van der Waals surface area contributed by atoms with Crippen LogP contribution in [-0.4, -0.2) is 17.6 Å². The molecule has 0 aliphatic rings. The smallest absolute Gasteiger partial charge is 0.252 e. The van der Waals surface area contributed by atoms with Gasteiger partial charge >= 0.3 is 0 Å². The third-order valence-corrected chi connectivity index (χ3v) is 3.45. The lowest BCUT2D eigenvalue weighted by Gasteiger charge is -2.12. The summed E-state index contributed by atoms with van der Waals surface area (Å²) in [5.74, 6) is -2.87. The van der Waals surface area contributed by atoms with Gasteiger partial charge in [0.15, 0.2) is 11.6 Å². The van der Waals surface area contributed by atoms with Crippen molar-refractivity contribution >= 4 is 17.5 Å². The van der Waals surface area contributed by atoms with E-state index in [0.717, 1.165) is 17.7 Å². The van der Waals surface area contributed by atoms with E-state index in [0.29, 0.717) is 0 Å². The normalized spacial score (nSPS) is 12.0. The molecular formula is C16H14ClF2NO2. The maximum absolute atomic E-state index is 13.1. The summed E-state index contributed by atoms with van der Waals surface area (Å²) in [6.45, 7) is 0.171. The summed E-state index contributed by atoms with van der Waals surface area (Å²) >= 11 is 5.72. The van der Waals surface area contributed by atoms with Gasteiger partial charge in [-0.2, -0.15) is 0 Å². The van der Waals surface area contributed by atoms with E-state index < -0.39 is 23.6 Å². The lowest BCUT2D eigenvalue weighted by molar-refractivity contribution is 0.0942. The molecule has 0 aromatic heterocycles. The maximum Gasteiger partial charge on any atom is 0.252 e. The summed E-state index contributed by atoms with van der Waals surface area (Å²) in [6.07, 6.45) is -0.432. The molecule has 1 unspecified atom stereocenters. The van der Waals surface area contributed by atoms with Gasteiger partial charge in [0.05, 0.1) is 16.7 Å². The van der Waals surface area contributed by atoms with Crippen LogP contribution in [0.5, 0.6) is 0 Å². The van der Waals surface area contributed by atoms with E-state index in [-0.39, 0.29) is 23.6 Å². The fourth-order valence-corrected chi connectivity index (χ4v) is 2.19. The zero-order valence-electron chi connectivity index (χ0n) is 11.5. The number of amides is 1. The van der Waals surface area contributed by atoms with Crippen LogP contribution in [0.25, 0.3) is 0 Å². The first-order valence-electron chi connectivity index (χ1n) is 6.65. The van der Waals surface area contributed by atoms with Gasteiger partial charge in [0.2, 0.25) is 0 Å². The zero-order valence-corrected chi connectivity index (χ0v) is 12.3. The van der Waals surface area contributed by atoms with Crippen LogP contribution < -0.4 is 5.32 Å². The number of halogens is 3. The molecule has 0 aliphatic heterocycles. The zero-order chi connectivity index (χ0) is 16.1. The van der Waals surface area contributed by atoms with Crippen molar-refractivity contribution in [2.45, 2.75) is 12.5 Å². The van der Waals surface area contributed by atoms with Crippen molar-refractivity contribution in [3.63, 3.8) is 0 Å².